The van der Waals surface area contributed by atoms with Gasteiger partial charge in [-0.1, -0.05) is 0 Å². The normalized spacial score (nSPS) is 13.9. The Bertz CT molecular complexity index is 45.7. The van der Waals surface area contributed by atoms with Gasteiger partial charge in [-0.2, -0.15) is 12.6 Å². The summed E-state index contributed by atoms with van der Waals surface area (Å²) in [5.41, 5.74) is 0. The Hall–Kier alpha value is 0.270. The monoisotopic (exact) mass is 136 g/mol. The van der Waals surface area contributed by atoms with E-state index in [-0.39, 0.29) is 6.10 Å². The molecule has 0 radical (unpaired) electrons. The number of thiol groups is 1. The molecule has 8 heavy (non-hydrogen) atoms. The van der Waals surface area contributed by atoms with Crippen LogP contribution in [0.2, 0.25) is 0 Å². The first kappa shape index (κ1) is 8.27. The van der Waals surface area contributed by atoms with Crippen molar-refractivity contribution in [3.8, 4) is 0 Å². The van der Waals surface area contributed by atoms with Gasteiger partial charge in [0.15, 0.2) is 0 Å². The van der Waals surface area contributed by atoms with Gasteiger partial charge < -0.3 is 9.47 Å². The lowest BCUT2D eigenvalue weighted by atomic mass is 10.4. The van der Waals surface area contributed by atoms with Crippen LogP contribution in [0.3, 0.4) is 0 Å². The molecular weight excluding hydrogens is 124 g/mol. The van der Waals surface area contributed by atoms with E-state index in [2.05, 4.69) is 12.6 Å². The molecule has 0 aromatic carbocycles. The van der Waals surface area contributed by atoms with Crippen molar-refractivity contribution in [3.63, 3.8) is 0 Å². The van der Waals surface area contributed by atoms with E-state index in [1.54, 1.807) is 14.2 Å². The molecule has 0 N–H and O–H groups in total. The molecule has 0 bridgehead atoms. The first-order chi connectivity index (χ1) is 3.85. The molecule has 0 aliphatic rings. The van der Waals surface area contributed by atoms with Crippen LogP contribution in [0.4, 0.5) is 0 Å². The smallest absolute Gasteiger partial charge is 0.0892 e. The van der Waals surface area contributed by atoms with Gasteiger partial charge in [0.1, 0.15) is 0 Å². The molecule has 0 saturated heterocycles. The van der Waals surface area contributed by atoms with E-state index < -0.39 is 0 Å². The van der Waals surface area contributed by atoms with Crippen molar-refractivity contribution in [2.45, 2.75) is 6.10 Å². The van der Waals surface area contributed by atoms with Crippen molar-refractivity contribution in [1.29, 1.82) is 0 Å². The summed E-state index contributed by atoms with van der Waals surface area (Å²) in [4.78, 5) is 0. The molecule has 0 saturated carbocycles. The average Bonchev–Trinajstić information content (AvgIpc) is 1.83. The topological polar surface area (TPSA) is 18.5 Å². The van der Waals surface area contributed by atoms with Crippen molar-refractivity contribution in [2.24, 2.45) is 0 Å². The second kappa shape index (κ2) is 5.41. The second-order valence-electron chi connectivity index (χ2n) is 1.50. The summed E-state index contributed by atoms with van der Waals surface area (Å²) in [6, 6.07) is 0. The molecule has 0 heterocycles. The highest BCUT2D eigenvalue weighted by atomic mass is 32.1. The number of ether oxygens (including phenoxy) is 2. The molecule has 0 amide bonds. The maximum atomic E-state index is 4.94. The summed E-state index contributed by atoms with van der Waals surface area (Å²) in [7, 11) is 3.30. The Kier molecular flexibility index (Phi) is 5.59. The lowest BCUT2D eigenvalue weighted by Gasteiger charge is -2.09. The molecule has 0 rings (SSSR count). The zero-order valence-electron chi connectivity index (χ0n) is 5.26. The van der Waals surface area contributed by atoms with Gasteiger partial charge in [-0.3, -0.25) is 0 Å². The van der Waals surface area contributed by atoms with E-state index in [0.29, 0.717) is 12.4 Å². The highest BCUT2D eigenvalue weighted by Gasteiger charge is 2.00. The van der Waals surface area contributed by atoms with Crippen molar-refractivity contribution in [1.82, 2.24) is 0 Å². The minimum absolute atomic E-state index is 0.142. The van der Waals surface area contributed by atoms with Gasteiger partial charge in [-0.25, -0.2) is 0 Å². The van der Waals surface area contributed by atoms with Gasteiger partial charge in [-0.05, 0) is 0 Å². The fraction of sp³-hybridized carbons (Fsp3) is 1.00. The Labute approximate surface area is 55.6 Å². The van der Waals surface area contributed by atoms with E-state index in [1.165, 1.54) is 0 Å². The predicted molar refractivity (Wildman–Crippen MR) is 36.5 cm³/mol. The zero-order valence-corrected chi connectivity index (χ0v) is 6.15. The lowest BCUT2D eigenvalue weighted by molar-refractivity contribution is 0.0432. The van der Waals surface area contributed by atoms with Crippen LogP contribution in [0.5, 0.6) is 0 Å². The first-order valence-corrected chi connectivity index (χ1v) is 3.11. The largest absolute Gasteiger partial charge is 0.382 e. The Morgan fingerprint density at radius 1 is 1.50 bits per heavy atom. The fourth-order valence-corrected chi connectivity index (χ4v) is 0.636. The molecule has 0 fully saturated rings. The number of methoxy groups -OCH3 is 2. The maximum absolute atomic E-state index is 4.94. The lowest BCUT2D eigenvalue weighted by Crippen LogP contribution is -2.18. The summed E-state index contributed by atoms with van der Waals surface area (Å²) >= 11 is 4.02. The van der Waals surface area contributed by atoms with Crippen LogP contribution in [-0.4, -0.2) is 32.7 Å². The third kappa shape index (κ3) is 3.29. The number of rotatable bonds is 4. The van der Waals surface area contributed by atoms with Gasteiger partial charge in [-0.15, -0.1) is 0 Å². The molecule has 50 valence electrons. The molecule has 1 atom stereocenters. The molecule has 3 heteroatoms. The zero-order chi connectivity index (χ0) is 6.41. The van der Waals surface area contributed by atoms with Crippen LogP contribution in [-0.2, 0) is 9.47 Å². The van der Waals surface area contributed by atoms with Gasteiger partial charge in [0.05, 0.1) is 12.7 Å². The summed E-state index contributed by atoms with van der Waals surface area (Å²) in [6.07, 6.45) is 0.142. The third-order valence-electron chi connectivity index (χ3n) is 0.890. The minimum Gasteiger partial charge on any atom is -0.382 e. The maximum Gasteiger partial charge on any atom is 0.0892 e. The van der Waals surface area contributed by atoms with Crippen LogP contribution in [0, 0.1) is 0 Å². The van der Waals surface area contributed by atoms with Gasteiger partial charge in [0, 0.05) is 20.0 Å². The number of hydrogen-bond acceptors (Lipinski definition) is 3. The number of hydrogen-bond donors (Lipinski definition) is 1. The van der Waals surface area contributed by atoms with Gasteiger partial charge in [0.2, 0.25) is 0 Å². The average molecular weight is 136 g/mol. The quantitative estimate of drug-likeness (QED) is 0.570. The van der Waals surface area contributed by atoms with Crippen molar-refractivity contribution < 1.29 is 9.47 Å². The van der Waals surface area contributed by atoms with Crippen molar-refractivity contribution >= 4 is 12.6 Å². The molecule has 0 spiro atoms. The SMILES string of the molecule is COC[C@@H](CS)OC. The van der Waals surface area contributed by atoms with Gasteiger partial charge in [0.25, 0.3) is 0 Å². The highest BCUT2D eigenvalue weighted by Crippen LogP contribution is 1.91. The highest BCUT2D eigenvalue weighted by molar-refractivity contribution is 7.80. The summed E-state index contributed by atoms with van der Waals surface area (Å²) in [6.45, 7) is 0.625. The molecule has 2 nitrogen and oxygen atoms in total. The Morgan fingerprint density at radius 2 is 2.12 bits per heavy atom. The van der Waals surface area contributed by atoms with Crippen LogP contribution in [0.15, 0.2) is 0 Å². The molecule has 0 unspecified atom stereocenters. The van der Waals surface area contributed by atoms with Crippen LogP contribution < -0.4 is 0 Å². The van der Waals surface area contributed by atoms with E-state index in [9.17, 15) is 0 Å². The molecular formula is C5H12O2S. The minimum atomic E-state index is 0.142. The first-order valence-electron chi connectivity index (χ1n) is 2.47. The van der Waals surface area contributed by atoms with E-state index in [4.69, 9.17) is 9.47 Å². The fourth-order valence-electron chi connectivity index (χ4n) is 0.381. The van der Waals surface area contributed by atoms with E-state index in [0.717, 1.165) is 0 Å². The summed E-state index contributed by atoms with van der Waals surface area (Å²) in [5, 5.41) is 0. The summed E-state index contributed by atoms with van der Waals surface area (Å²) in [5.74, 6) is 0.713. The van der Waals surface area contributed by atoms with Crippen LogP contribution in [0.25, 0.3) is 0 Å². The Morgan fingerprint density at radius 3 is 2.25 bits per heavy atom. The van der Waals surface area contributed by atoms with Crippen LogP contribution in [0.1, 0.15) is 0 Å². The van der Waals surface area contributed by atoms with E-state index in [1.807, 2.05) is 0 Å². The standard InChI is InChI=1S/C5H12O2S/c1-6-3-5(4-8)7-2/h5,8H,3-4H2,1-2H3/t5-/m0/s1. The van der Waals surface area contributed by atoms with Crippen LogP contribution >= 0.6 is 12.6 Å². The van der Waals surface area contributed by atoms with Gasteiger partial charge >= 0.3 is 0 Å². The molecule has 0 aromatic heterocycles. The molecule has 0 aliphatic heterocycles. The van der Waals surface area contributed by atoms with E-state index >= 15 is 0 Å². The Balaban J connectivity index is 3.07. The second-order valence-corrected chi connectivity index (χ2v) is 1.86. The third-order valence-corrected chi connectivity index (χ3v) is 1.30. The molecule has 0 aromatic rings. The molecule has 0 aliphatic carbocycles. The predicted octanol–water partition coefficient (Wildman–Crippen LogP) is 0.578. The summed E-state index contributed by atoms with van der Waals surface area (Å²) < 4.78 is 9.75. The van der Waals surface area contributed by atoms with Crippen molar-refractivity contribution in [2.75, 3.05) is 26.6 Å². The van der Waals surface area contributed by atoms with Crippen molar-refractivity contribution in [3.05, 3.63) is 0 Å².